The molecule has 1 heterocycles. The number of aromatic nitrogens is 3. The van der Waals surface area contributed by atoms with E-state index < -0.39 is 11.0 Å². The van der Waals surface area contributed by atoms with Crippen molar-refractivity contribution >= 4 is 40.8 Å². The number of carbonyl (C=O) groups excluding carboxylic acids is 1. The Labute approximate surface area is 215 Å². The number of nitro benzene ring substituents is 1. The summed E-state index contributed by atoms with van der Waals surface area (Å²) >= 11 is 7.33. The zero-order valence-corrected chi connectivity index (χ0v) is 20.6. The fraction of sp³-hybridized carbons (Fsp3) is 0.125. The number of halogens is 1. The van der Waals surface area contributed by atoms with Crippen molar-refractivity contribution in [1.29, 1.82) is 0 Å². The quantitative estimate of drug-likeness (QED) is 0.169. The molecule has 10 nitrogen and oxygen atoms in total. The van der Waals surface area contributed by atoms with Crippen LogP contribution in [0.4, 0.5) is 16.2 Å². The summed E-state index contributed by atoms with van der Waals surface area (Å²) in [6.45, 7) is 0.0726. The molecule has 0 radical (unpaired) electrons. The highest BCUT2D eigenvalue weighted by Gasteiger charge is 2.17. The Morgan fingerprint density at radius 1 is 1.11 bits per heavy atom. The number of thioether (sulfide) groups is 1. The van der Waals surface area contributed by atoms with Crippen LogP contribution in [0.1, 0.15) is 11.4 Å². The molecule has 4 aromatic rings. The molecule has 184 valence electrons. The van der Waals surface area contributed by atoms with Crippen molar-refractivity contribution in [2.45, 2.75) is 17.5 Å². The topological polar surface area (TPSA) is 124 Å². The summed E-state index contributed by atoms with van der Waals surface area (Å²) in [6, 6.07) is 20.0. The van der Waals surface area contributed by atoms with Crippen LogP contribution in [0.3, 0.4) is 0 Å². The molecule has 2 amide bonds. The number of nitro groups is 1. The zero-order chi connectivity index (χ0) is 25.5. The Morgan fingerprint density at radius 3 is 2.56 bits per heavy atom. The summed E-state index contributed by atoms with van der Waals surface area (Å²) < 4.78 is 7.05. The molecular formula is C24H21ClN6O4S. The van der Waals surface area contributed by atoms with E-state index in [1.165, 1.54) is 23.9 Å². The molecular weight excluding hydrogens is 504 g/mol. The Hall–Kier alpha value is -4.09. The summed E-state index contributed by atoms with van der Waals surface area (Å²) in [4.78, 5) is 23.0. The number of nitrogens with one attached hydrogen (secondary N) is 2. The average Bonchev–Trinajstić information content (AvgIpc) is 3.30. The molecule has 12 heteroatoms. The molecule has 4 rings (SSSR count). The summed E-state index contributed by atoms with van der Waals surface area (Å²) in [5, 5.41) is 26.3. The number of amides is 2. The number of ether oxygens (including phenoxy) is 1. The average molecular weight is 525 g/mol. The Kier molecular flexibility index (Phi) is 8.03. The molecule has 0 saturated heterocycles. The van der Waals surface area contributed by atoms with E-state index in [9.17, 15) is 14.9 Å². The smallest absolute Gasteiger partial charge is 0.319 e. The maximum absolute atomic E-state index is 12.4. The van der Waals surface area contributed by atoms with Crippen LogP contribution >= 0.6 is 23.4 Å². The molecule has 0 spiro atoms. The number of benzene rings is 3. The highest BCUT2D eigenvalue weighted by molar-refractivity contribution is 7.98. The normalized spacial score (nSPS) is 10.6. The minimum Gasteiger partial charge on any atom is -0.497 e. The highest BCUT2D eigenvalue weighted by atomic mass is 35.5. The third-order valence-electron chi connectivity index (χ3n) is 5.03. The molecule has 0 aliphatic rings. The number of urea groups is 1. The van der Waals surface area contributed by atoms with Gasteiger partial charge < -0.3 is 15.4 Å². The number of hydrogen-bond acceptors (Lipinski definition) is 7. The van der Waals surface area contributed by atoms with Crippen LogP contribution in [-0.2, 0) is 12.3 Å². The van der Waals surface area contributed by atoms with Crippen LogP contribution in [0.5, 0.6) is 5.75 Å². The summed E-state index contributed by atoms with van der Waals surface area (Å²) in [6.07, 6.45) is 0. The van der Waals surface area contributed by atoms with Gasteiger partial charge in [-0.25, -0.2) is 4.79 Å². The van der Waals surface area contributed by atoms with Gasteiger partial charge in [0.25, 0.3) is 5.69 Å². The van der Waals surface area contributed by atoms with Crippen molar-refractivity contribution in [3.05, 3.63) is 99.3 Å². The number of rotatable bonds is 9. The van der Waals surface area contributed by atoms with Gasteiger partial charge in [0, 0.05) is 34.3 Å². The van der Waals surface area contributed by atoms with Crippen molar-refractivity contribution < 1.29 is 14.5 Å². The molecule has 2 N–H and O–H groups in total. The van der Waals surface area contributed by atoms with Gasteiger partial charge in [0.05, 0.1) is 18.6 Å². The van der Waals surface area contributed by atoms with Gasteiger partial charge >= 0.3 is 6.03 Å². The Balaban J connectivity index is 1.54. The Bertz CT molecular complexity index is 1360. The zero-order valence-electron chi connectivity index (χ0n) is 19.1. The lowest BCUT2D eigenvalue weighted by atomic mass is 10.2. The van der Waals surface area contributed by atoms with Crippen LogP contribution in [-0.4, -0.2) is 32.8 Å². The van der Waals surface area contributed by atoms with Crippen molar-refractivity contribution in [2.24, 2.45) is 0 Å². The van der Waals surface area contributed by atoms with E-state index in [1.807, 2.05) is 24.3 Å². The van der Waals surface area contributed by atoms with E-state index in [0.29, 0.717) is 33.1 Å². The van der Waals surface area contributed by atoms with Crippen molar-refractivity contribution in [3.63, 3.8) is 0 Å². The third kappa shape index (κ3) is 6.32. The highest BCUT2D eigenvalue weighted by Crippen LogP contribution is 2.27. The first-order valence-electron chi connectivity index (χ1n) is 10.7. The molecule has 0 fully saturated rings. The third-order valence-corrected chi connectivity index (χ3v) is 6.28. The molecule has 0 aliphatic carbocycles. The van der Waals surface area contributed by atoms with Gasteiger partial charge in [-0.05, 0) is 54.1 Å². The molecule has 36 heavy (non-hydrogen) atoms. The molecule has 3 aromatic carbocycles. The van der Waals surface area contributed by atoms with Gasteiger partial charge in [-0.3, -0.25) is 14.7 Å². The van der Waals surface area contributed by atoms with Crippen LogP contribution < -0.4 is 15.4 Å². The first-order chi connectivity index (χ1) is 17.4. The maximum Gasteiger partial charge on any atom is 0.319 e. The molecule has 1 aromatic heterocycles. The van der Waals surface area contributed by atoms with Crippen molar-refractivity contribution in [3.8, 4) is 11.4 Å². The minimum absolute atomic E-state index is 0.0283. The second-order valence-electron chi connectivity index (χ2n) is 7.46. The minimum atomic E-state index is -0.460. The summed E-state index contributed by atoms with van der Waals surface area (Å²) in [5.74, 6) is 1.80. The first kappa shape index (κ1) is 25.0. The monoisotopic (exact) mass is 524 g/mol. The number of methoxy groups -OCH3 is 1. The van der Waals surface area contributed by atoms with Gasteiger partial charge in [0.2, 0.25) is 0 Å². The van der Waals surface area contributed by atoms with E-state index in [1.54, 1.807) is 48.1 Å². The van der Waals surface area contributed by atoms with E-state index in [0.717, 1.165) is 11.3 Å². The SMILES string of the molecule is COc1cccc(CSc2nnc(CNC(=O)Nc3ccc(Cl)cc3)n2-c2ccc([N+](=O)[O-])cc2)c1. The fourth-order valence-corrected chi connectivity index (χ4v) is 4.31. The first-order valence-corrected chi connectivity index (χ1v) is 12.0. The van der Waals surface area contributed by atoms with E-state index in [4.69, 9.17) is 16.3 Å². The van der Waals surface area contributed by atoms with Gasteiger partial charge in [-0.15, -0.1) is 10.2 Å². The predicted octanol–water partition coefficient (Wildman–Crippen LogP) is 5.45. The van der Waals surface area contributed by atoms with Crippen LogP contribution in [0, 0.1) is 10.1 Å². The number of non-ortho nitro benzene ring substituents is 1. The summed E-state index contributed by atoms with van der Waals surface area (Å²) in [5.41, 5.74) is 2.22. The molecule has 0 unspecified atom stereocenters. The van der Waals surface area contributed by atoms with Gasteiger partial charge in [-0.2, -0.15) is 0 Å². The van der Waals surface area contributed by atoms with Crippen molar-refractivity contribution in [1.82, 2.24) is 20.1 Å². The van der Waals surface area contributed by atoms with E-state index in [2.05, 4.69) is 20.8 Å². The molecule has 0 aliphatic heterocycles. The summed E-state index contributed by atoms with van der Waals surface area (Å²) in [7, 11) is 1.61. The van der Waals surface area contributed by atoms with Gasteiger partial charge in [0.1, 0.15) is 5.75 Å². The van der Waals surface area contributed by atoms with Gasteiger partial charge in [-0.1, -0.05) is 35.5 Å². The number of nitrogens with zero attached hydrogens (tertiary/aromatic N) is 4. The maximum atomic E-state index is 12.4. The fourth-order valence-electron chi connectivity index (χ4n) is 3.27. The standard InChI is InChI=1S/C24H21ClN6O4S/c1-35-21-4-2-3-16(13-21)15-36-24-29-28-22(30(24)19-9-11-20(12-10-19)31(33)34)14-26-23(32)27-18-7-5-17(25)6-8-18/h2-13H,14-15H2,1H3,(H2,26,27,32). The largest absolute Gasteiger partial charge is 0.497 e. The number of anilines is 1. The van der Waals surface area contributed by atoms with E-state index in [-0.39, 0.29) is 12.2 Å². The predicted molar refractivity (Wildman–Crippen MR) is 138 cm³/mol. The van der Waals surface area contributed by atoms with Gasteiger partial charge in [0.15, 0.2) is 11.0 Å². The lowest BCUT2D eigenvalue weighted by Gasteiger charge is -2.12. The van der Waals surface area contributed by atoms with Crippen molar-refractivity contribution in [2.75, 3.05) is 12.4 Å². The van der Waals surface area contributed by atoms with Crippen LogP contribution in [0.2, 0.25) is 5.02 Å². The van der Waals surface area contributed by atoms with Crippen LogP contribution in [0.25, 0.3) is 5.69 Å². The molecule has 0 saturated carbocycles. The molecule has 0 atom stereocenters. The lowest BCUT2D eigenvalue weighted by molar-refractivity contribution is -0.384. The number of hydrogen-bond donors (Lipinski definition) is 2. The number of carbonyl (C=O) groups is 1. The van der Waals surface area contributed by atoms with Crippen LogP contribution in [0.15, 0.2) is 78.0 Å². The lowest BCUT2D eigenvalue weighted by Crippen LogP contribution is -2.29. The van der Waals surface area contributed by atoms with E-state index >= 15 is 0 Å². The Morgan fingerprint density at radius 2 is 1.86 bits per heavy atom. The second kappa shape index (κ2) is 11.6. The second-order valence-corrected chi connectivity index (χ2v) is 8.84. The molecule has 0 bridgehead atoms.